The van der Waals surface area contributed by atoms with Gasteiger partial charge in [-0.2, -0.15) is 0 Å². The Labute approximate surface area is 116 Å². The van der Waals surface area contributed by atoms with Crippen molar-refractivity contribution in [3.63, 3.8) is 0 Å². The molecule has 0 aliphatic heterocycles. The molecule has 1 rings (SSSR count). The molecule has 18 heavy (non-hydrogen) atoms. The van der Waals surface area contributed by atoms with Crippen molar-refractivity contribution in [3.8, 4) is 0 Å². The molecule has 100 valence electrons. The summed E-state index contributed by atoms with van der Waals surface area (Å²) in [6, 6.07) is 7.67. The number of benzene rings is 1. The molecule has 1 unspecified atom stereocenters. The van der Waals surface area contributed by atoms with E-state index in [1.54, 1.807) is 0 Å². The number of likely N-dealkylation sites (N-methyl/N-ethyl adjacent to an activating group) is 1. The van der Waals surface area contributed by atoms with Crippen LogP contribution < -0.4 is 0 Å². The molecule has 1 atom stereocenters. The fourth-order valence-electron chi connectivity index (χ4n) is 1.74. The van der Waals surface area contributed by atoms with E-state index >= 15 is 0 Å². The van der Waals surface area contributed by atoms with Crippen LogP contribution in [0.4, 0.5) is 0 Å². The molecule has 0 fully saturated rings. The lowest BCUT2D eigenvalue weighted by Gasteiger charge is -2.26. The van der Waals surface area contributed by atoms with Gasteiger partial charge in [-0.3, -0.25) is 9.69 Å². The van der Waals surface area contributed by atoms with Crippen LogP contribution in [-0.2, 0) is 9.53 Å². The zero-order valence-electron chi connectivity index (χ0n) is 10.6. The standard InChI is InChI=1S/C13H18BrNO3/c1-15(7-6-13(17)18-2)12(9-16)10-4-3-5-11(14)8-10/h3-5,8,12,16H,6-7,9H2,1-2H3. The summed E-state index contributed by atoms with van der Waals surface area (Å²) in [5, 5.41) is 9.49. The fourth-order valence-corrected chi connectivity index (χ4v) is 2.16. The molecular formula is C13H18BrNO3. The van der Waals surface area contributed by atoms with Crippen molar-refractivity contribution in [2.24, 2.45) is 0 Å². The van der Waals surface area contributed by atoms with Crippen molar-refractivity contribution in [1.29, 1.82) is 0 Å². The number of hydrogen-bond acceptors (Lipinski definition) is 4. The Morgan fingerprint density at radius 3 is 2.83 bits per heavy atom. The van der Waals surface area contributed by atoms with E-state index in [9.17, 15) is 9.90 Å². The molecule has 0 aliphatic carbocycles. The van der Waals surface area contributed by atoms with Crippen LogP contribution in [0, 0.1) is 0 Å². The van der Waals surface area contributed by atoms with Gasteiger partial charge in [0.2, 0.25) is 0 Å². The number of carbonyl (C=O) groups excluding carboxylic acids is 1. The van der Waals surface area contributed by atoms with Gasteiger partial charge in [-0.05, 0) is 24.7 Å². The maximum absolute atomic E-state index is 11.1. The number of rotatable bonds is 6. The van der Waals surface area contributed by atoms with Crippen LogP contribution in [0.5, 0.6) is 0 Å². The summed E-state index contributed by atoms with van der Waals surface area (Å²) < 4.78 is 5.58. The number of halogens is 1. The zero-order chi connectivity index (χ0) is 13.5. The summed E-state index contributed by atoms with van der Waals surface area (Å²) in [6.45, 7) is 0.554. The third-order valence-electron chi connectivity index (χ3n) is 2.83. The van der Waals surface area contributed by atoms with E-state index in [0.717, 1.165) is 10.0 Å². The highest BCUT2D eigenvalue weighted by molar-refractivity contribution is 9.10. The number of ether oxygens (including phenoxy) is 1. The number of methoxy groups -OCH3 is 1. The maximum Gasteiger partial charge on any atom is 0.306 e. The molecular weight excluding hydrogens is 298 g/mol. The van der Waals surface area contributed by atoms with Gasteiger partial charge in [0.1, 0.15) is 0 Å². The van der Waals surface area contributed by atoms with Crippen molar-refractivity contribution in [3.05, 3.63) is 34.3 Å². The molecule has 0 aliphatic rings. The lowest BCUT2D eigenvalue weighted by atomic mass is 10.1. The molecule has 0 radical (unpaired) electrons. The molecule has 0 aromatic heterocycles. The molecule has 0 spiro atoms. The minimum absolute atomic E-state index is 0.00806. The minimum atomic E-state index is -0.243. The van der Waals surface area contributed by atoms with Gasteiger partial charge < -0.3 is 9.84 Å². The van der Waals surface area contributed by atoms with E-state index in [1.165, 1.54) is 7.11 Å². The lowest BCUT2D eigenvalue weighted by Crippen LogP contribution is -2.29. The number of aliphatic hydroxyl groups is 1. The van der Waals surface area contributed by atoms with Gasteiger partial charge in [-0.15, -0.1) is 0 Å². The normalized spacial score (nSPS) is 12.5. The number of carbonyl (C=O) groups is 1. The Kier molecular flexibility index (Phi) is 6.32. The second-order valence-electron chi connectivity index (χ2n) is 4.06. The quantitative estimate of drug-likeness (QED) is 0.816. The summed E-state index contributed by atoms with van der Waals surface area (Å²) >= 11 is 3.41. The summed E-state index contributed by atoms with van der Waals surface area (Å²) in [7, 11) is 3.25. The maximum atomic E-state index is 11.1. The molecule has 0 saturated heterocycles. The zero-order valence-corrected chi connectivity index (χ0v) is 12.2. The molecule has 1 aromatic carbocycles. The van der Waals surface area contributed by atoms with E-state index < -0.39 is 0 Å². The van der Waals surface area contributed by atoms with Crippen LogP contribution in [0.15, 0.2) is 28.7 Å². The minimum Gasteiger partial charge on any atom is -0.469 e. The van der Waals surface area contributed by atoms with Crippen LogP contribution in [0.2, 0.25) is 0 Å². The summed E-state index contributed by atoms with van der Waals surface area (Å²) in [6.07, 6.45) is 0.317. The number of aliphatic hydroxyl groups excluding tert-OH is 1. The highest BCUT2D eigenvalue weighted by Gasteiger charge is 2.17. The van der Waals surface area contributed by atoms with Gasteiger partial charge >= 0.3 is 5.97 Å². The van der Waals surface area contributed by atoms with Gasteiger partial charge in [0, 0.05) is 11.0 Å². The van der Waals surface area contributed by atoms with E-state index in [1.807, 2.05) is 36.2 Å². The first-order chi connectivity index (χ1) is 8.58. The SMILES string of the molecule is COC(=O)CCN(C)C(CO)c1cccc(Br)c1. The smallest absolute Gasteiger partial charge is 0.306 e. The molecule has 1 aromatic rings. The monoisotopic (exact) mass is 315 g/mol. The Bertz CT molecular complexity index is 398. The van der Waals surface area contributed by atoms with Gasteiger partial charge in [-0.25, -0.2) is 0 Å². The highest BCUT2D eigenvalue weighted by Crippen LogP contribution is 2.22. The van der Waals surface area contributed by atoms with Gasteiger partial charge in [0.15, 0.2) is 0 Å². The summed E-state index contributed by atoms with van der Waals surface area (Å²) in [4.78, 5) is 13.0. The average molecular weight is 316 g/mol. The molecule has 0 bridgehead atoms. The molecule has 0 amide bonds. The Morgan fingerprint density at radius 1 is 1.56 bits per heavy atom. The topological polar surface area (TPSA) is 49.8 Å². The largest absolute Gasteiger partial charge is 0.469 e. The number of esters is 1. The number of hydrogen-bond donors (Lipinski definition) is 1. The van der Waals surface area contributed by atoms with Crippen LogP contribution in [0.3, 0.4) is 0 Å². The third-order valence-corrected chi connectivity index (χ3v) is 3.33. The van der Waals surface area contributed by atoms with Crippen LogP contribution in [0.1, 0.15) is 18.0 Å². The average Bonchev–Trinajstić information content (AvgIpc) is 2.37. The molecule has 0 saturated carbocycles. The third kappa shape index (κ3) is 4.40. The van der Waals surface area contributed by atoms with Crippen molar-refractivity contribution in [2.45, 2.75) is 12.5 Å². The fraction of sp³-hybridized carbons (Fsp3) is 0.462. The molecule has 0 heterocycles. The van der Waals surface area contributed by atoms with E-state index in [0.29, 0.717) is 13.0 Å². The molecule has 1 N–H and O–H groups in total. The number of nitrogens with zero attached hydrogens (tertiary/aromatic N) is 1. The van der Waals surface area contributed by atoms with E-state index in [4.69, 9.17) is 0 Å². The Morgan fingerprint density at radius 2 is 2.28 bits per heavy atom. The van der Waals surface area contributed by atoms with Crippen molar-refractivity contribution < 1.29 is 14.6 Å². The Balaban J connectivity index is 2.68. The van der Waals surface area contributed by atoms with Crippen LogP contribution in [0.25, 0.3) is 0 Å². The molecule has 5 heteroatoms. The van der Waals surface area contributed by atoms with Crippen molar-refractivity contribution in [2.75, 3.05) is 27.3 Å². The van der Waals surface area contributed by atoms with Crippen molar-refractivity contribution >= 4 is 21.9 Å². The summed E-state index contributed by atoms with van der Waals surface area (Å²) in [5.41, 5.74) is 1.01. The second kappa shape index (κ2) is 7.51. The van der Waals surface area contributed by atoms with Gasteiger partial charge in [0.25, 0.3) is 0 Å². The van der Waals surface area contributed by atoms with E-state index in [-0.39, 0.29) is 18.6 Å². The molecule has 4 nitrogen and oxygen atoms in total. The summed E-state index contributed by atoms with van der Waals surface area (Å²) in [5.74, 6) is -0.243. The predicted molar refractivity (Wildman–Crippen MR) is 73.2 cm³/mol. The van der Waals surface area contributed by atoms with Crippen LogP contribution in [-0.4, -0.2) is 43.3 Å². The van der Waals surface area contributed by atoms with Crippen LogP contribution >= 0.6 is 15.9 Å². The predicted octanol–water partition coefficient (Wildman–Crippen LogP) is 1.98. The van der Waals surface area contributed by atoms with E-state index in [2.05, 4.69) is 20.7 Å². The second-order valence-corrected chi connectivity index (χ2v) is 4.98. The first-order valence-electron chi connectivity index (χ1n) is 5.72. The van der Waals surface area contributed by atoms with Gasteiger partial charge in [0.05, 0.1) is 26.2 Å². The first-order valence-corrected chi connectivity index (χ1v) is 6.51. The van der Waals surface area contributed by atoms with Crippen molar-refractivity contribution in [1.82, 2.24) is 4.90 Å². The van der Waals surface area contributed by atoms with Gasteiger partial charge in [-0.1, -0.05) is 28.1 Å². The highest BCUT2D eigenvalue weighted by atomic mass is 79.9. The first kappa shape index (κ1) is 15.1. The lowest BCUT2D eigenvalue weighted by molar-refractivity contribution is -0.141. The Hall–Kier alpha value is -0.910.